The molecule has 0 spiro atoms. The molecule has 1 aliphatic rings. The summed E-state index contributed by atoms with van der Waals surface area (Å²) in [6.07, 6.45) is 40.5. The zero-order valence-corrected chi connectivity index (χ0v) is 33.7. The summed E-state index contributed by atoms with van der Waals surface area (Å²) in [4.78, 5) is 33.6. The molecule has 1 aliphatic heterocycles. The Morgan fingerprint density at radius 3 is 1.36 bits per heavy atom. The van der Waals surface area contributed by atoms with Crippen molar-refractivity contribution in [3.8, 4) is 0 Å². The van der Waals surface area contributed by atoms with Crippen LogP contribution in [0.25, 0.3) is 0 Å². The maximum absolute atomic E-state index is 11.6. The van der Waals surface area contributed by atoms with E-state index in [0.29, 0.717) is 19.8 Å². The van der Waals surface area contributed by atoms with Gasteiger partial charge in [0.25, 0.3) is 11.8 Å². The summed E-state index contributed by atoms with van der Waals surface area (Å²) >= 11 is 0. The highest BCUT2D eigenvalue weighted by Gasteiger charge is 2.22. The first-order valence-electron chi connectivity index (χ1n) is 20.9. The second kappa shape index (κ2) is 37.4. The van der Waals surface area contributed by atoms with Gasteiger partial charge in [-0.05, 0) is 64.5 Å². The largest absolute Gasteiger partial charge is 0.472 e. The van der Waals surface area contributed by atoms with E-state index < -0.39 is 7.82 Å². The smallest absolute Gasteiger partial charge is 0.317 e. The van der Waals surface area contributed by atoms with Crippen molar-refractivity contribution >= 4 is 19.6 Å². The monoisotopic (exact) mass is 727 g/mol. The van der Waals surface area contributed by atoms with Gasteiger partial charge in [-0.25, -0.2) is 4.57 Å². The fourth-order valence-electron chi connectivity index (χ4n) is 5.80. The number of imide groups is 1. The van der Waals surface area contributed by atoms with Gasteiger partial charge in [-0.3, -0.25) is 23.5 Å². The van der Waals surface area contributed by atoms with E-state index in [0.717, 1.165) is 45.2 Å². The zero-order chi connectivity index (χ0) is 36.8. The summed E-state index contributed by atoms with van der Waals surface area (Å²) in [5.74, 6) is -0.355. The van der Waals surface area contributed by atoms with E-state index in [4.69, 9.17) is 9.05 Å². The standard InChI is InChI=1S/C25H44N2O2.C16H35O4P/c1-2-3-4-5-6-7-8-9-10-11-12-13-14-15-16-17-21-26-22-18-23-27-24(28)19-20-25(27)29;1-3-5-7-9-11-13-15-19-21(17,18)20-16-14-12-10-8-6-4-2/h9-10,19-20,26H,2-8,11-18,21-23H2,1H3;3-16H2,1-2H3,(H,17,18)/b10-9-;. The second-order valence-electron chi connectivity index (χ2n) is 13.9. The first kappa shape index (κ1) is 48.7. The highest BCUT2D eigenvalue weighted by atomic mass is 31.2. The van der Waals surface area contributed by atoms with Gasteiger partial charge in [-0.2, -0.15) is 0 Å². The Hall–Kier alpha value is -1.31. The Kier molecular flexibility index (Phi) is 36.5. The average Bonchev–Trinajstić information content (AvgIpc) is 3.42. The number of nitrogens with zero attached hydrogens (tertiary/aromatic N) is 1. The van der Waals surface area contributed by atoms with Gasteiger partial charge in [0.2, 0.25) is 0 Å². The minimum absolute atomic E-state index is 0.178. The molecule has 0 saturated heterocycles. The molecule has 0 aromatic carbocycles. The van der Waals surface area contributed by atoms with Crippen LogP contribution in [-0.2, 0) is 23.2 Å². The number of phosphoric acid groups is 1. The Morgan fingerprint density at radius 2 is 0.920 bits per heavy atom. The van der Waals surface area contributed by atoms with Gasteiger partial charge < -0.3 is 10.2 Å². The number of rotatable bonds is 36. The van der Waals surface area contributed by atoms with Gasteiger partial charge >= 0.3 is 7.82 Å². The van der Waals surface area contributed by atoms with Crippen LogP contribution in [-0.4, -0.2) is 54.5 Å². The lowest BCUT2D eigenvalue weighted by atomic mass is 10.1. The van der Waals surface area contributed by atoms with E-state index in [9.17, 15) is 19.0 Å². The van der Waals surface area contributed by atoms with Crippen molar-refractivity contribution in [2.24, 2.45) is 0 Å². The zero-order valence-electron chi connectivity index (χ0n) is 32.8. The second-order valence-corrected chi connectivity index (χ2v) is 15.3. The number of hydrogen-bond donors (Lipinski definition) is 2. The summed E-state index contributed by atoms with van der Waals surface area (Å²) in [5, 5.41) is 3.41. The number of unbranched alkanes of at least 4 members (excludes halogenated alkanes) is 22. The summed E-state index contributed by atoms with van der Waals surface area (Å²) in [6.45, 7) is 9.69. The Balaban J connectivity index is 0.00000101. The number of carbonyl (C=O) groups is 2. The van der Waals surface area contributed by atoms with Crippen LogP contribution in [0.15, 0.2) is 24.3 Å². The van der Waals surface area contributed by atoms with Crippen LogP contribution in [0.5, 0.6) is 0 Å². The third-order valence-electron chi connectivity index (χ3n) is 9.01. The number of carbonyl (C=O) groups excluding carboxylic acids is 2. The van der Waals surface area contributed by atoms with E-state index in [1.807, 2.05) is 0 Å². The molecule has 2 N–H and O–H groups in total. The number of allylic oxidation sites excluding steroid dienone is 2. The Morgan fingerprint density at radius 1 is 0.560 bits per heavy atom. The average molecular weight is 727 g/mol. The topological polar surface area (TPSA) is 105 Å². The predicted molar refractivity (Wildman–Crippen MR) is 211 cm³/mol. The lowest BCUT2D eigenvalue weighted by Gasteiger charge is -2.13. The van der Waals surface area contributed by atoms with Crippen molar-refractivity contribution in [1.82, 2.24) is 10.2 Å². The number of nitrogens with one attached hydrogen (secondary N) is 1. The molecule has 8 nitrogen and oxygen atoms in total. The summed E-state index contributed by atoms with van der Waals surface area (Å²) in [6, 6.07) is 0. The van der Waals surface area contributed by atoms with Crippen LogP contribution in [0, 0.1) is 0 Å². The number of amides is 2. The van der Waals surface area contributed by atoms with Crippen LogP contribution in [0.3, 0.4) is 0 Å². The minimum Gasteiger partial charge on any atom is -0.317 e. The van der Waals surface area contributed by atoms with Gasteiger partial charge in [0.1, 0.15) is 0 Å². The highest BCUT2D eigenvalue weighted by molar-refractivity contribution is 7.47. The molecule has 9 heteroatoms. The maximum Gasteiger partial charge on any atom is 0.472 e. The highest BCUT2D eigenvalue weighted by Crippen LogP contribution is 2.43. The predicted octanol–water partition coefficient (Wildman–Crippen LogP) is 11.8. The normalized spacial score (nSPS) is 13.2. The number of hydrogen-bond acceptors (Lipinski definition) is 6. The van der Waals surface area contributed by atoms with Crippen LogP contribution >= 0.6 is 7.82 Å². The van der Waals surface area contributed by atoms with E-state index in [-0.39, 0.29) is 11.8 Å². The minimum atomic E-state index is -3.82. The molecule has 50 heavy (non-hydrogen) atoms. The quantitative estimate of drug-likeness (QED) is 0.0286. The molecular formula is C41H79N2O6P. The SMILES string of the molecule is CCCCCCCC/C=C\CCCCCCCCNCCCN1C(=O)C=CC1=O.CCCCCCCCOP(=O)(O)OCCCCCCCC. The van der Waals surface area contributed by atoms with E-state index in [1.54, 1.807) is 0 Å². The third kappa shape index (κ3) is 33.8. The molecule has 0 radical (unpaired) electrons. The lowest BCUT2D eigenvalue weighted by Crippen LogP contribution is -2.32. The third-order valence-corrected chi connectivity index (χ3v) is 10.0. The van der Waals surface area contributed by atoms with E-state index in [1.165, 1.54) is 158 Å². The lowest BCUT2D eigenvalue weighted by molar-refractivity contribution is -0.136. The molecule has 0 atom stereocenters. The van der Waals surface area contributed by atoms with Gasteiger partial charge in [0.05, 0.1) is 13.2 Å². The van der Waals surface area contributed by atoms with Gasteiger partial charge in [0.15, 0.2) is 0 Å². The van der Waals surface area contributed by atoms with Crippen LogP contribution in [0.2, 0.25) is 0 Å². The molecule has 0 saturated carbocycles. The van der Waals surface area contributed by atoms with Crippen molar-refractivity contribution < 1.29 is 28.1 Å². The molecule has 2 amide bonds. The molecule has 1 heterocycles. The van der Waals surface area contributed by atoms with E-state index >= 15 is 0 Å². The molecular weight excluding hydrogens is 647 g/mol. The van der Waals surface area contributed by atoms with Crippen LogP contribution < -0.4 is 5.32 Å². The molecule has 0 bridgehead atoms. The molecule has 294 valence electrons. The summed E-state index contributed by atoms with van der Waals surface area (Å²) in [5.41, 5.74) is 0. The molecule has 0 aromatic heterocycles. The Labute approximate surface area is 308 Å². The first-order valence-corrected chi connectivity index (χ1v) is 22.4. The maximum atomic E-state index is 11.6. The van der Waals surface area contributed by atoms with Gasteiger partial charge in [-0.15, -0.1) is 0 Å². The molecule has 0 fully saturated rings. The van der Waals surface area contributed by atoms with Gasteiger partial charge in [-0.1, -0.05) is 155 Å². The van der Waals surface area contributed by atoms with Crippen molar-refractivity contribution in [3.63, 3.8) is 0 Å². The molecule has 0 aliphatic carbocycles. The van der Waals surface area contributed by atoms with Crippen molar-refractivity contribution in [2.45, 2.75) is 194 Å². The van der Waals surface area contributed by atoms with Crippen LogP contribution in [0.4, 0.5) is 0 Å². The Bertz CT molecular complexity index is 841. The van der Waals surface area contributed by atoms with Crippen LogP contribution in [0.1, 0.15) is 194 Å². The van der Waals surface area contributed by atoms with Gasteiger partial charge in [0, 0.05) is 18.7 Å². The molecule has 0 aromatic rings. The first-order chi connectivity index (χ1) is 24.4. The molecule has 0 unspecified atom stereocenters. The fourth-order valence-corrected chi connectivity index (χ4v) is 6.59. The number of phosphoric ester groups is 1. The van der Waals surface area contributed by atoms with E-state index in [2.05, 4.69) is 38.2 Å². The van der Waals surface area contributed by atoms with Crippen molar-refractivity contribution in [1.29, 1.82) is 0 Å². The molecule has 1 rings (SSSR count). The summed E-state index contributed by atoms with van der Waals surface area (Å²) in [7, 11) is -3.82. The fraction of sp³-hybridized carbons (Fsp3) is 0.854. The summed E-state index contributed by atoms with van der Waals surface area (Å²) < 4.78 is 21.5. The van der Waals surface area contributed by atoms with Crippen molar-refractivity contribution in [2.75, 3.05) is 32.8 Å². The van der Waals surface area contributed by atoms with Crippen molar-refractivity contribution in [3.05, 3.63) is 24.3 Å².